The molecule has 1 unspecified atom stereocenters. The topological polar surface area (TPSA) is 44.8 Å². The average Bonchev–Trinajstić information content (AvgIpc) is 2.74. The molecule has 0 aromatic heterocycles. The monoisotopic (exact) mass is 227 g/mol. The van der Waals surface area contributed by atoms with Gasteiger partial charge in [-0.3, -0.25) is 14.6 Å². The van der Waals surface area contributed by atoms with Gasteiger partial charge in [0.1, 0.15) is 0 Å². The summed E-state index contributed by atoms with van der Waals surface area (Å²) in [5.41, 5.74) is 0. The molecule has 5 nitrogen and oxygen atoms in total. The number of carbonyl (C=O) groups excluding carboxylic acids is 1. The van der Waals surface area contributed by atoms with Crippen LogP contribution in [0.3, 0.4) is 0 Å². The number of likely N-dealkylation sites (N-methyl/N-ethyl adjacent to an activating group) is 1. The van der Waals surface area contributed by atoms with Crippen molar-refractivity contribution in [1.29, 1.82) is 0 Å². The fourth-order valence-corrected chi connectivity index (χ4v) is 2.21. The Morgan fingerprint density at radius 3 is 2.88 bits per heavy atom. The maximum atomic E-state index is 11.1. The van der Waals surface area contributed by atoms with Gasteiger partial charge >= 0.3 is 0 Å². The molecule has 0 bridgehead atoms. The van der Waals surface area contributed by atoms with Crippen molar-refractivity contribution < 1.29 is 9.53 Å². The van der Waals surface area contributed by atoms with Crippen LogP contribution in [0.25, 0.3) is 0 Å². The molecule has 1 amide bonds. The minimum absolute atomic E-state index is 0.184. The molecule has 2 aliphatic heterocycles. The molecular weight excluding hydrogens is 206 g/mol. The minimum atomic E-state index is 0.184. The number of nitrogens with one attached hydrogen (secondary N) is 1. The smallest absolute Gasteiger partial charge is 0.221 e. The highest BCUT2D eigenvalue weighted by Crippen LogP contribution is 2.07. The molecule has 1 N–H and O–H groups in total. The van der Waals surface area contributed by atoms with E-state index in [1.54, 1.807) is 0 Å². The number of rotatable bonds is 4. The van der Waals surface area contributed by atoms with Gasteiger partial charge in [0.25, 0.3) is 0 Å². The van der Waals surface area contributed by atoms with Crippen LogP contribution in [0.5, 0.6) is 0 Å². The van der Waals surface area contributed by atoms with Crippen LogP contribution in [0, 0.1) is 0 Å². The Morgan fingerprint density at radius 1 is 1.50 bits per heavy atom. The lowest BCUT2D eigenvalue weighted by Gasteiger charge is -2.30. The van der Waals surface area contributed by atoms with E-state index >= 15 is 0 Å². The average molecular weight is 227 g/mol. The van der Waals surface area contributed by atoms with Gasteiger partial charge in [0.15, 0.2) is 0 Å². The molecule has 2 aliphatic rings. The first-order valence-corrected chi connectivity index (χ1v) is 6.03. The highest BCUT2D eigenvalue weighted by Gasteiger charge is 2.25. The van der Waals surface area contributed by atoms with E-state index in [1.165, 1.54) is 0 Å². The second-order valence-electron chi connectivity index (χ2n) is 4.60. The van der Waals surface area contributed by atoms with Gasteiger partial charge in [-0.2, -0.15) is 0 Å². The Hall–Kier alpha value is -0.650. The first-order valence-electron chi connectivity index (χ1n) is 6.03. The van der Waals surface area contributed by atoms with E-state index in [0.29, 0.717) is 12.5 Å². The second-order valence-corrected chi connectivity index (χ2v) is 4.60. The summed E-state index contributed by atoms with van der Waals surface area (Å²) >= 11 is 0. The third kappa shape index (κ3) is 3.17. The maximum absolute atomic E-state index is 11.1. The Balaban J connectivity index is 1.66. The SMILES string of the molecule is CN(CCN1CCOCC1)C1CNC(=O)C1. The molecule has 0 aliphatic carbocycles. The van der Waals surface area contributed by atoms with Crippen LogP contribution < -0.4 is 5.32 Å². The molecule has 0 saturated carbocycles. The van der Waals surface area contributed by atoms with Gasteiger partial charge in [-0.05, 0) is 7.05 Å². The Kier molecular flexibility index (Phi) is 4.15. The fraction of sp³-hybridized carbons (Fsp3) is 0.909. The van der Waals surface area contributed by atoms with Crippen LogP contribution in [-0.2, 0) is 9.53 Å². The standard InChI is InChI=1S/C11H21N3O2/c1-13(10-8-11(15)12-9-10)2-3-14-4-6-16-7-5-14/h10H,2-9H2,1H3,(H,12,15). The van der Waals surface area contributed by atoms with Crippen molar-refractivity contribution in [3.05, 3.63) is 0 Å². The summed E-state index contributed by atoms with van der Waals surface area (Å²) in [6.45, 7) is 6.69. The lowest BCUT2D eigenvalue weighted by atomic mass is 10.2. The van der Waals surface area contributed by atoms with Gasteiger partial charge in [-0.25, -0.2) is 0 Å². The summed E-state index contributed by atoms with van der Waals surface area (Å²) in [4.78, 5) is 15.8. The van der Waals surface area contributed by atoms with E-state index in [4.69, 9.17) is 4.74 Å². The van der Waals surface area contributed by atoms with E-state index in [2.05, 4.69) is 22.2 Å². The van der Waals surface area contributed by atoms with Gasteiger partial charge in [0, 0.05) is 45.2 Å². The molecule has 5 heteroatoms. The van der Waals surface area contributed by atoms with Crippen molar-refractivity contribution >= 4 is 5.91 Å². The third-order valence-electron chi connectivity index (χ3n) is 3.45. The van der Waals surface area contributed by atoms with Crippen LogP contribution in [0.2, 0.25) is 0 Å². The summed E-state index contributed by atoms with van der Waals surface area (Å²) in [6.07, 6.45) is 0.652. The molecule has 16 heavy (non-hydrogen) atoms. The highest BCUT2D eigenvalue weighted by atomic mass is 16.5. The molecular formula is C11H21N3O2. The van der Waals surface area contributed by atoms with Gasteiger partial charge in [-0.1, -0.05) is 0 Å². The molecule has 0 aromatic carbocycles. The fourth-order valence-electron chi connectivity index (χ4n) is 2.21. The quantitative estimate of drug-likeness (QED) is 0.679. The van der Waals surface area contributed by atoms with Crippen molar-refractivity contribution in [2.45, 2.75) is 12.5 Å². The zero-order valence-corrected chi connectivity index (χ0v) is 9.95. The molecule has 0 spiro atoms. The van der Waals surface area contributed by atoms with E-state index in [9.17, 15) is 4.79 Å². The van der Waals surface area contributed by atoms with Crippen LogP contribution >= 0.6 is 0 Å². The van der Waals surface area contributed by atoms with E-state index in [0.717, 1.165) is 45.9 Å². The zero-order valence-electron chi connectivity index (χ0n) is 9.95. The zero-order chi connectivity index (χ0) is 11.4. The Bertz CT molecular complexity index is 241. The molecule has 2 rings (SSSR count). The van der Waals surface area contributed by atoms with Crippen molar-refractivity contribution in [3.8, 4) is 0 Å². The van der Waals surface area contributed by atoms with Crippen LogP contribution in [0.15, 0.2) is 0 Å². The predicted octanol–water partition coefficient (Wildman–Crippen LogP) is -0.861. The Morgan fingerprint density at radius 2 is 2.25 bits per heavy atom. The van der Waals surface area contributed by atoms with Crippen LogP contribution in [0.4, 0.5) is 0 Å². The first-order chi connectivity index (χ1) is 7.75. The van der Waals surface area contributed by atoms with Crippen molar-refractivity contribution in [1.82, 2.24) is 15.1 Å². The number of morpholine rings is 1. The number of ether oxygens (including phenoxy) is 1. The predicted molar refractivity (Wildman–Crippen MR) is 61.3 cm³/mol. The first kappa shape index (κ1) is 11.8. The molecule has 2 saturated heterocycles. The number of carbonyl (C=O) groups is 1. The van der Waals surface area contributed by atoms with Gasteiger partial charge in [0.2, 0.25) is 5.91 Å². The number of amides is 1. The molecule has 0 radical (unpaired) electrons. The minimum Gasteiger partial charge on any atom is -0.379 e. The lowest BCUT2D eigenvalue weighted by molar-refractivity contribution is -0.119. The van der Waals surface area contributed by atoms with Gasteiger partial charge < -0.3 is 10.1 Å². The van der Waals surface area contributed by atoms with E-state index in [1.807, 2.05) is 0 Å². The van der Waals surface area contributed by atoms with E-state index in [-0.39, 0.29) is 5.91 Å². The summed E-state index contributed by atoms with van der Waals surface area (Å²) in [5.74, 6) is 0.184. The number of hydrogen-bond donors (Lipinski definition) is 1. The Labute approximate surface area is 96.7 Å². The van der Waals surface area contributed by atoms with Crippen LogP contribution in [0.1, 0.15) is 6.42 Å². The second kappa shape index (κ2) is 5.61. The molecule has 1 atom stereocenters. The normalized spacial score (nSPS) is 27.4. The molecule has 2 fully saturated rings. The molecule has 0 aromatic rings. The summed E-state index contributed by atoms with van der Waals surface area (Å²) in [5, 5.41) is 2.87. The molecule has 92 valence electrons. The third-order valence-corrected chi connectivity index (χ3v) is 3.45. The number of nitrogens with zero attached hydrogens (tertiary/aromatic N) is 2. The van der Waals surface area contributed by atoms with Crippen molar-refractivity contribution in [2.24, 2.45) is 0 Å². The highest BCUT2D eigenvalue weighted by molar-refractivity contribution is 5.78. The van der Waals surface area contributed by atoms with E-state index < -0.39 is 0 Å². The van der Waals surface area contributed by atoms with Crippen LogP contribution in [-0.4, -0.2) is 74.7 Å². The summed E-state index contributed by atoms with van der Waals surface area (Å²) in [7, 11) is 2.10. The lowest BCUT2D eigenvalue weighted by Crippen LogP contribution is -2.43. The number of hydrogen-bond acceptors (Lipinski definition) is 4. The van der Waals surface area contributed by atoms with Crippen molar-refractivity contribution in [3.63, 3.8) is 0 Å². The van der Waals surface area contributed by atoms with Gasteiger partial charge in [-0.15, -0.1) is 0 Å². The van der Waals surface area contributed by atoms with Crippen molar-refractivity contribution in [2.75, 3.05) is 53.0 Å². The van der Waals surface area contributed by atoms with Gasteiger partial charge in [0.05, 0.1) is 13.2 Å². The molecule has 2 heterocycles. The maximum Gasteiger partial charge on any atom is 0.221 e. The largest absolute Gasteiger partial charge is 0.379 e. The summed E-state index contributed by atoms with van der Waals surface area (Å²) < 4.78 is 5.31. The summed E-state index contributed by atoms with van der Waals surface area (Å²) in [6, 6.07) is 0.383.